The summed E-state index contributed by atoms with van der Waals surface area (Å²) in [7, 11) is 0. The molecule has 1 aliphatic heterocycles. The van der Waals surface area contributed by atoms with E-state index in [1.807, 2.05) is 9.80 Å². The number of aliphatic hydroxyl groups is 1. The molecule has 2 heterocycles. The third-order valence-electron chi connectivity index (χ3n) is 4.33. The van der Waals surface area contributed by atoms with Gasteiger partial charge in [-0.05, 0) is 18.2 Å². The van der Waals surface area contributed by atoms with Gasteiger partial charge in [0.15, 0.2) is 0 Å². The number of hydrogen-bond donors (Lipinski definition) is 1. The van der Waals surface area contributed by atoms with E-state index in [1.54, 1.807) is 18.3 Å². The van der Waals surface area contributed by atoms with Crippen LogP contribution in [0.2, 0.25) is 0 Å². The predicted octanol–water partition coefficient (Wildman–Crippen LogP) is 2.09. The molecule has 0 aliphatic carbocycles. The number of pyridine rings is 1. The zero-order chi connectivity index (χ0) is 17.8. The Bertz CT molecular complexity index is 785. The van der Waals surface area contributed by atoms with E-state index < -0.39 is 17.7 Å². The summed E-state index contributed by atoms with van der Waals surface area (Å²) >= 11 is 0. The first-order valence-corrected chi connectivity index (χ1v) is 8.04. The van der Waals surface area contributed by atoms with Gasteiger partial charge in [0.25, 0.3) is 0 Å². The van der Waals surface area contributed by atoms with Gasteiger partial charge in [-0.1, -0.05) is 6.07 Å². The molecule has 5 nitrogen and oxygen atoms in total. The lowest BCUT2D eigenvalue weighted by molar-refractivity contribution is 0.106. The van der Waals surface area contributed by atoms with Gasteiger partial charge >= 0.3 is 0 Å². The van der Waals surface area contributed by atoms with Crippen molar-refractivity contribution >= 4 is 5.82 Å². The van der Waals surface area contributed by atoms with Crippen LogP contribution in [-0.4, -0.2) is 47.7 Å². The maximum absolute atomic E-state index is 13.8. The van der Waals surface area contributed by atoms with E-state index in [4.69, 9.17) is 5.26 Å². The van der Waals surface area contributed by atoms with Crippen molar-refractivity contribution in [2.45, 2.75) is 6.10 Å². The molecule has 0 bridgehead atoms. The van der Waals surface area contributed by atoms with Crippen LogP contribution >= 0.6 is 0 Å². The predicted molar refractivity (Wildman–Crippen MR) is 88.9 cm³/mol. The number of anilines is 1. The van der Waals surface area contributed by atoms with Crippen LogP contribution in [0.4, 0.5) is 14.6 Å². The summed E-state index contributed by atoms with van der Waals surface area (Å²) in [6.45, 7) is 2.89. The van der Waals surface area contributed by atoms with Crippen molar-refractivity contribution in [3.63, 3.8) is 0 Å². The Morgan fingerprint density at radius 2 is 1.96 bits per heavy atom. The Balaban J connectivity index is 1.60. The maximum Gasteiger partial charge on any atom is 0.146 e. The number of nitrogens with zero attached hydrogens (tertiary/aromatic N) is 4. The first kappa shape index (κ1) is 17.3. The Kier molecular flexibility index (Phi) is 5.22. The van der Waals surface area contributed by atoms with Gasteiger partial charge in [-0.25, -0.2) is 13.8 Å². The molecular formula is C18H18F2N4O. The fraction of sp³-hybridized carbons (Fsp3) is 0.333. The number of piperazine rings is 1. The highest BCUT2D eigenvalue weighted by atomic mass is 19.1. The highest BCUT2D eigenvalue weighted by Gasteiger charge is 2.23. The molecule has 1 aromatic heterocycles. The van der Waals surface area contributed by atoms with Gasteiger partial charge in [0.05, 0.1) is 11.7 Å². The number of nitriles is 1. The maximum atomic E-state index is 13.8. The molecule has 0 saturated carbocycles. The number of benzene rings is 1. The zero-order valence-electron chi connectivity index (χ0n) is 13.6. The SMILES string of the molecule is N#Cc1cccnc1N1CCN(CC(O)c2ccc(F)cc2F)CC1. The van der Waals surface area contributed by atoms with Gasteiger partial charge in [0.1, 0.15) is 23.5 Å². The zero-order valence-corrected chi connectivity index (χ0v) is 13.6. The van der Waals surface area contributed by atoms with Crippen molar-refractivity contribution in [3.05, 3.63) is 59.3 Å². The van der Waals surface area contributed by atoms with Crippen LogP contribution in [0.5, 0.6) is 0 Å². The summed E-state index contributed by atoms with van der Waals surface area (Å²) in [5.74, 6) is -0.737. The minimum absolute atomic E-state index is 0.0975. The number of β-amino-alcohol motifs (C(OH)–C–C–N with tert-alkyl or cyclic N) is 1. The van der Waals surface area contributed by atoms with Crippen LogP contribution in [0.25, 0.3) is 0 Å². The summed E-state index contributed by atoms with van der Waals surface area (Å²) in [5.41, 5.74) is 0.629. The molecule has 1 atom stereocenters. The van der Waals surface area contributed by atoms with E-state index in [9.17, 15) is 13.9 Å². The smallest absolute Gasteiger partial charge is 0.146 e. The summed E-state index contributed by atoms with van der Waals surface area (Å²) in [6.07, 6.45) is 0.639. The monoisotopic (exact) mass is 344 g/mol. The Morgan fingerprint density at radius 3 is 2.64 bits per heavy atom. The first-order valence-electron chi connectivity index (χ1n) is 8.04. The Morgan fingerprint density at radius 1 is 1.20 bits per heavy atom. The second kappa shape index (κ2) is 7.55. The van der Waals surface area contributed by atoms with Crippen molar-refractivity contribution in [1.82, 2.24) is 9.88 Å². The minimum atomic E-state index is -1.02. The van der Waals surface area contributed by atoms with Crippen LogP contribution in [0, 0.1) is 23.0 Å². The van der Waals surface area contributed by atoms with E-state index in [1.165, 1.54) is 6.07 Å². The number of halogens is 2. The standard InChI is InChI=1S/C18H18F2N4O/c19-14-3-4-15(16(20)10-14)17(25)12-23-6-8-24(9-7-23)18-13(11-21)2-1-5-22-18/h1-5,10,17,25H,6-9,12H2. The highest BCUT2D eigenvalue weighted by Crippen LogP contribution is 2.22. The molecule has 1 unspecified atom stereocenters. The second-order valence-corrected chi connectivity index (χ2v) is 5.96. The molecule has 25 heavy (non-hydrogen) atoms. The summed E-state index contributed by atoms with van der Waals surface area (Å²) in [4.78, 5) is 8.32. The van der Waals surface area contributed by atoms with Crippen molar-refractivity contribution < 1.29 is 13.9 Å². The summed E-state index contributed by atoms with van der Waals surface area (Å²) in [6, 6.07) is 8.80. The van der Waals surface area contributed by atoms with E-state index in [0.717, 1.165) is 12.1 Å². The van der Waals surface area contributed by atoms with Gasteiger partial charge in [0.2, 0.25) is 0 Å². The van der Waals surface area contributed by atoms with Gasteiger partial charge in [-0.15, -0.1) is 0 Å². The third-order valence-corrected chi connectivity index (χ3v) is 4.33. The topological polar surface area (TPSA) is 63.4 Å². The van der Waals surface area contributed by atoms with Gasteiger partial charge in [0, 0.05) is 50.6 Å². The number of hydrogen-bond acceptors (Lipinski definition) is 5. The molecule has 1 aliphatic rings. The molecular weight excluding hydrogens is 326 g/mol. The van der Waals surface area contributed by atoms with Crippen LogP contribution in [0.1, 0.15) is 17.2 Å². The normalized spacial score (nSPS) is 16.5. The average Bonchev–Trinajstić information content (AvgIpc) is 2.62. The van der Waals surface area contributed by atoms with Crippen molar-refractivity contribution in [2.75, 3.05) is 37.6 Å². The molecule has 1 saturated heterocycles. The summed E-state index contributed by atoms with van der Waals surface area (Å²) in [5, 5.41) is 19.4. The highest BCUT2D eigenvalue weighted by molar-refractivity contribution is 5.53. The van der Waals surface area contributed by atoms with Gasteiger partial charge in [-0.2, -0.15) is 5.26 Å². The molecule has 1 N–H and O–H groups in total. The minimum Gasteiger partial charge on any atom is -0.387 e. The molecule has 1 aromatic carbocycles. The van der Waals surface area contributed by atoms with Crippen LogP contribution in [0.15, 0.2) is 36.5 Å². The second-order valence-electron chi connectivity index (χ2n) is 5.96. The molecule has 3 rings (SSSR count). The Hall–Kier alpha value is -2.56. The fourth-order valence-electron chi connectivity index (χ4n) is 2.99. The lowest BCUT2D eigenvalue weighted by atomic mass is 10.1. The number of aromatic nitrogens is 1. The first-order chi connectivity index (χ1) is 12.1. The Labute approximate surface area is 144 Å². The molecule has 0 amide bonds. The van der Waals surface area contributed by atoms with Gasteiger partial charge in [-0.3, -0.25) is 4.90 Å². The van der Waals surface area contributed by atoms with Crippen molar-refractivity contribution in [1.29, 1.82) is 5.26 Å². The van der Waals surface area contributed by atoms with Crippen molar-refractivity contribution in [3.8, 4) is 6.07 Å². The van der Waals surface area contributed by atoms with Gasteiger partial charge < -0.3 is 10.0 Å². The third kappa shape index (κ3) is 3.92. The lowest BCUT2D eigenvalue weighted by Crippen LogP contribution is -2.48. The molecule has 130 valence electrons. The van der Waals surface area contributed by atoms with E-state index in [2.05, 4.69) is 11.1 Å². The molecule has 1 fully saturated rings. The van der Waals surface area contributed by atoms with Crippen LogP contribution in [0.3, 0.4) is 0 Å². The average molecular weight is 344 g/mol. The number of aliphatic hydroxyl groups excluding tert-OH is 1. The summed E-state index contributed by atoms with van der Waals surface area (Å²) < 4.78 is 26.7. The molecule has 0 radical (unpaired) electrons. The largest absolute Gasteiger partial charge is 0.387 e. The van der Waals surface area contributed by atoms with Crippen LogP contribution in [-0.2, 0) is 0 Å². The molecule has 0 spiro atoms. The van der Waals surface area contributed by atoms with E-state index >= 15 is 0 Å². The molecule has 2 aromatic rings. The lowest BCUT2D eigenvalue weighted by Gasteiger charge is -2.36. The fourth-order valence-corrected chi connectivity index (χ4v) is 2.99. The number of rotatable bonds is 4. The van der Waals surface area contributed by atoms with E-state index in [-0.39, 0.29) is 12.1 Å². The molecule has 7 heteroatoms. The van der Waals surface area contributed by atoms with Crippen LogP contribution < -0.4 is 4.90 Å². The van der Waals surface area contributed by atoms with Crippen molar-refractivity contribution in [2.24, 2.45) is 0 Å². The quantitative estimate of drug-likeness (QED) is 0.920. The van der Waals surface area contributed by atoms with E-state index in [0.29, 0.717) is 37.6 Å².